The summed E-state index contributed by atoms with van der Waals surface area (Å²) in [5, 5.41) is 25.6. The fourth-order valence-electron chi connectivity index (χ4n) is 4.14. The molecule has 0 spiro atoms. The van der Waals surface area contributed by atoms with Crippen molar-refractivity contribution in [3.05, 3.63) is 77.5 Å². The van der Waals surface area contributed by atoms with Gasteiger partial charge in [0.25, 0.3) is 11.8 Å². The molecular formula is C24H20N4O4. The second-order valence-electron chi connectivity index (χ2n) is 7.55. The van der Waals surface area contributed by atoms with Gasteiger partial charge in [0.05, 0.1) is 31.2 Å². The van der Waals surface area contributed by atoms with Gasteiger partial charge in [0, 0.05) is 44.6 Å². The predicted molar refractivity (Wildman–Crippen MR) is 122 cm³/mol. The fourth-order valence-corrected chi connectivity index (χ4v) is 4.14. The molecule has 1 aliphatic heterocycles. The van der Waals surface area contributed by atoms with E-state index in [4.69, 9.17) is 0 Å². The van der Waals surface area contributed by atoms with Crippen molar-refractivity contribution < 1.29 is 19.8 Å². The number of nitrogens with one attached hydrogen (secondary N) is 2. The normalized spacial score (nSPS) is 13.8. The van der Waals surface area contributed by atoms with Crippen molar-refractivity contribution in [1.82, 2.24) is 9.88 Å². The molecule has 0 radical (unpaired) electrons. The van der Waals surface area contributed by atoms with Crippen LogP contribution in [0.1, 0.15) is 26.3 Å². The van der Waals surface area contributed by atoms with Crippen molar-refractivity contribution >= 4 is 45.4 Å². The van der Waals surface area contributed by atoms with E-state index in [0.717, 1.165) is 21.4 Å². The highest BCUT2D eigenvalue weighted by Crippen LogP contribution is 2.35. The number of H-pyrrole nitrogens is 1. The maximum atomic E-state index is 13.0. The smallest absolute Gasteiger partial charge is 0.261 e. The van der Waals surface area contributed by atoms with Gasteiger partial charge in [-0.2, -0.15) is 5.10 Å². The number of amides is 2. The largest absolute Gasteiger partial charge is 0.394 e. The number of aromatic nitrogens is 1. The van der Waals surface area contributed by atoms with E-state index in [0.29, 0.717) is 27.6 Å². The summed E-state index contributed by atoms with van der Waals surface area (Å²) in [5.74, 6) is -1.08. The first kappa shape index (κ1) is 19.9. The van der Waals surface area contributed by atoms with Crippen LogP contribution >= 0.6 is 0 Å². The highest BCUT2D eigenvalue weighted by atomic mass is 16.3. The van der Waals surface area contributed by atoms with Crippen molar-refractivity contribution in [1.29, 1.82) is 0 Å². The number of hydrazone groups is 1. The third-order valence-corrected chi connectivity index (χ3v) is 5.74. The molecule has 4 aromatic rings. The Bertz CT molecular complexity index is 1370. The Morgan fingerprint density at radius 2 is 1.66 bits per heavy atom. The lowest BCUT2D eigenvalue weighted by atomic mass is 9.92. The molecule has 8 heteroatoms. The van der Waals surface area contributed by atoms with Gasteiger partial charge >= 0.3 is 0 Å². The standard InChI is InChI=1S/C24H20N4O4/c29-12-15(13-30)28-23(31)18-6-3-5-17-21(9-8-19(22(17)18)24(28)32)27-26-11-14-10-25-20-7-2-1-4-16(14)20/h1-11,15,25,27,29-30H,12-13H2/b26-11+. The summed E-state index contributed by atoms with van der Waals surface area (Å²) in [4.78, 5) is 30.1. The van der Waals surface area contributed by atoms with Crippen LogP contribution in [-0.2, 0) is 0 Å². The number of carbonyl (C=O) groups is 2. The van der Waals surface area contributed by atoms with Crippen LogP contribution in [0.4, 0.5) is 5.69 Å². The van der Waals surface area contributed by atoms with E-state index >= 15 is 0 Å². The maximum Gasteiger partial charge on any atom is 0.261 e. The number of para-hydroxylation sites is 1. The van der Waals surface area contributed by atoms with E-state index in [1.165, 1.54) is 0 Å². The Labute approximate surface area is 182 Å². The van der Waals surface area contributed by atoms with E-state index in [9.17, 15) is 19.8 Å². The predicted octanol–water partition coefficient (Wildman–Crippen LogP) is 2.72. The minimum atomic E-state index is -0.989. The van der Waals surface area contributed by atoms with Crippen molar-refractivity contribution in [2.24, 2.45) is 5.10 Å². The van der Waals surface area contributed by atoms with Crippen molar-refractivity contribution in [2.45, 2.75) is 6.04 Å². The van der Waals surface area contributed by atoms with Gasteiger partial charge in [0.15, 0.2) is 0 Å². The molecule has 0 atom stereocenters. The second kappa shape index (κ2) is 7.92. The molecule has 0 unspecified atom stereocenters. The van der Waals surface area contributed by atoms with E-state index in [2.05, 4.69) is 15.5 Å². The first-order valence-electron chi connectivity index (χ1n) is 10.1. The van der Waals surface area contributed by atoms with E-state index in [-0.39, 0.29) is 0 Å². The van der Waals surface area contributed by atoms with Crippen LogP contribution in [0.25, 0.3) is 21.7 Å². The van der Waals surface area contributed by atoms with Crippen molar-refractivity contribution in [2.75, 3.05) is 18.6 Å². The maximum absolute atomic E-state index is 13.0. The molecule has 0 fully saturated rings. The van der Waals surface area contributed by atoms with Gasteiger partial charge in [-0.1, -0.05) is 30.3 Å². The Morgan fingerprint density at radius 1 is 0.938 bits per heavy atom. The molecule has 4 N–H and O–H groups in total. The third kappa shape index (κ3) is 3.05. The molecule has 1 aromatic heterocycles. The SMILES string of the molecule is O=C1c2cccc3c(N/N=C/c4c[nH]c5ccccc45)ccc(c23)C(=O)N1C(CO)CO. The number of nitrogens with zero attached hydrogens (tertiary/aromatic N) is 2. The monoisotopic (exact) mass is 428 g/mol. The summed E-state index contributed by atoms with van der Waals surface area (Å²) in [6.07, 6.45) is 3.58. The number of aliphatic hydroxyl groups excluding tert-OH is 2. The molecule has 0 saturated heterocycles. The molecule has 32 heavy (non-hydrogen) atoms. The molecule has 2 amide bonds. The lowest BCUT2D eigenvalue weighted by molar-refractivity contribution is 0.0375. The van der Waals surface area contributed by atoms with Gasteiger partial charge in [0.2, 0.25) is 0 Å². The van der Waals surface area contributed by atoms with E-state index < -0.39 is 31.1 Å². The van der Waals surface area contributed by atoms with Gasteiger partial charge < -0.3 is 15.2 Å². The minimum absolute atomic E-state index is 0.341. The summed E-state index contributed by atoms with van der Waals surface area (Å²) in [6.45, 7) is -1.02. The van der Waals surface area contributed by atoms with Gasteiger partial charge in [0.1, 0.15) is 0 Å². The van der Waals surface area contributed by atoms with Gasteiger partial charge in [-0.25, -0.2) is 0 Å². The molecule has 8 nitrogen and oxygen atoms in total. The molecule has 5 rings (SSSR count). The number of aromatic amines is 1. The van der Waals surface area contributed by atoms with Crippen molar-refractivity contribution in [3.8, 4) is 0 Å². The molecule has 1 aliphatic rings. The molecule has 0 saturated carbocycles. The number of hydrogen-bond donors (Lipinski definition) is 4. The molecule has 160 valence electrons. The van der Waals surface area contributed by atoms with Gasteiger partial charge in [-0.15, -0.1) is 0 Å². The summed E-state index contributed by atoms with van der Waals surface area (Å²) < 4.78 is 0. The number of aliphatic hydroxyl groups is 2. The van der Waals surface area contributed by atoms with Crippen LogP contribution in [0.15, 0.2) is 65.9 Å². The number of anilines is 1. The lowest BCUT2D eigenvalue weighted by Gasteiger charge is -2.32. The highest BCUT2D eigenvalue weighted by molar-refractivity contribution is 6.27. The molecule has 0 bridgehead atoms. The summed E-state index contributed by atoms with van der Waals surface area (Å²) in [6, 6.07) is 15.5. The lowest BCUT2D eigenvalue weighted by Crippen LogP contribution is -2.50. The Morgan fingerprint density at radius 3 is 2.44 bits per heavy atom. The zero-order valence-corrected chi connectivity index (χ0v) is 16.9. The Balaban J connectivity index is 1.52. The quantitative estimate of drug-likeness (QED) is 0.214. The molecule has 2 heterocycles. The van der Waals surface area contributed by atoms with Crippen molar-refractivity contribution in [3.63, 3.8) is 0 Å². The molecule has 3 aromatic carbocycles. The zero-order chi connectivity index (χ0) is 22.2. The Hall–Kier alpha value is -4.01. The van der Waals surface area contributed by atoms with E-state index in [1.807, 2.05) is 36.5 Å². The van der Waals surface area contributed by atoms with Gasteiger partial charge in [-0.3, -0.25) is 19.9 Å². The second-order valence-corrected chi connectivity index (χ2v) is 7.55. The number of imide groups is 1. The first-order valence-corrected chi connectivity index (χ1v) is 10.1. The number of benzene rings is 3. The van der Waals surface area contributed by atoms with E-state index in [1.54, 1.807) is 30.5 Å². The minimum Gasteiger partial charge on any atom is -0.394 e. The highest BCUT2D eigenvalue weighted by Gasteiger charge is 2.37. The first-order chi connectivity index (χ1) is 15.6. The summed E-state index contributed by atoms with van der Waals surface area (Å²) in [7, 11) is 0. The Kier molecular flexibility index (Phi) is 4.93. The zero-order valence-electron chi connectivity index (χ0n) is 16.9. The van der Waals surface area contributed by atoms with Crippen LogP contribution in [0.3, 0.4) is 0 Å². The molecule has 0 aliphatic carbocycles. The number of fused-ring (bicyclic) bond motifs is 1. The van der Waals surface area contributed by atoms with Crippen LogP contribution in [-0.4, -0.2) is 57.4 Å². The topological polar surface area (TPSA) is 118 Å². The number of carbonyl (C=O) groups excluding carboxylic acids is 2. The number of hydrogen-bond acceptors (Lipinski definition) is 6. The van der Waals surface area contributed by atoms with Crippen LogP contribution < -0.4 is 5.43 Å². The van der Waals surface area contributed by atoms with Crippen LogP contribution in [0.5, 0.6) is 0 Å². The number of rotatable bonds is 6. The third-order valence-electron chi connectivity index (χ3n) is 5.74. The van der Waals surface area contributed by atoms with Crippen LogP contribution in [0.2, 0.25) is 0 Å². The summed E-state index contributed by atoms with van der Waals surface area (Å²) >= 11 is 0. The molecular weight excluding hydrogens is 408 g/mol. The summed E-state index contributed by atoms with van der Waals surface area (Å²) in [5.41, 5.74) is 6.29. The fraction of sp³-hybridized carbons (Fsp3) is 0.125. The average molecular weight is 428 g/mol. The van der Waals surface area contributed by atoms with Crippen LogP contribution in [0, 0.1) is 0 Å². The average Bonchev–Trinajstić information content (AvgIpc) is 3.24. The van der Waals surface area contributed by atoms with Gasteiger partial charge in [-0.05, 0) is 24.3 Å².